The second-order valence-electron chi connectivity index (χ2n) is 6.73. The molecule has 0 bridgehead atoms. The number of hydrogen-bond acceptors (Lipinski definition) is 3. The Bertz CT molecular complexity index is 658. The van der Waals surface area contributed by atoms with Crippen molar-refractivity contribution in [3.05, 3.63) is 29.8 Å². The fourth-order valence-corrected chi connectivity index (χ4v) is 4.61. The summed E-state index contributed by atoms with van der Waals surface area (Å²) in [5, 5.41) is 0. The highest BCUT2D eigenvalue weighted by molar-refractivity contribution is 7.89. The Morgan fingerprint density at radius 3 is 2.16 bits per heavy atom. The second kappa shape index (κ2) is 8.81. The van der Waals surface area contributed by atoms with Crippen LogP contribution in [-0.2, 0) is 21.2 Å². The molecule has 0 spiro atoms. The van der Waals surface area contributed by atoms with Gasteiger partial charge in [0.05, 0.1) is 4.90 Å². The van der Waals surface area contributed by atoms with Crippen LogP contribution in [0, 0.1) is 5.92 Å². The zero-order valence-electron chi connectivity index (χ0n) is 15.5. The minimum absolute atomic E-state index is 0.0883. The highest BCUT2D eigenvalue weighted by Crippen LogP contribution is 2.19. The predicted octanol–water partition coefficient (Wildman–Crippen LogP) is 2.95. The van der Waals surface area contributed by atoms with Crippen LogP contribution in [0.15, 0.2) is 29.2 Å². The number of carbonyl (C=O) groups excluding carboxylic acids is 1. The number of nitrogens with zero attached hydrogens (tertiary/aromatic N) is 1. The van der Waals surface area contributed by atoms with Crippen molar-refractivity contribution in [1.29, 1.82) is 0 Å². The maximum Gasteiger partial charge on any atom is 0.240 e. The largest absolute Gasteiger partial charge is 0.342 e. The molecule has 25 heavy (non-hydrogen) atoms. The van der Waals surface area contributed by atoms with Gasteiger partial charge in [-0.3, -0.25) is 4.79 Å². The molecular weight excluding hydrogens is 336 g/mol. The predicted molar refractivity (Wildman–Crippen MR) is 99.8 cm³/mol. The Kier molecular flexibility index (Phi) is 7.02. The Labute approximate surface area is 151 Å². The van der Waals surface area contributed by atoms with Gasteiger partial charge in [0.2, 0.25) is 15.9 Å². The van der Waals surface area contributed by atoms with E-state index in [0.717, 1.165) is 24.8 Å². The zero-order valence-corrected chi connectivity index (χ0v) is 16.3. The zero-order chi connectivity index (χ0) is 18.4. The molecule has 0 aliphatic carbocycles. The molecule has 0 unspecified atom stereocenters. The smallest absolute Gasteiger partial charge is 0.240 e. The standard InChI is InChI=1S/C19H30N2O3S/c1-4-15-7-9-18(10-8-15)25(23,24)20-17-11-13-21(14-12-17)19(22)16(5-2)6-3/h7-10,16-17,20H,4-6,11-14H2,1-3H3. The van der Waals surface area contributed by atoms with E-state index in [1.807, 2.05) is 37.8 Å². The normalized spacial score (nSPS) is 16.4. The van der Waals surface area contributed by atoms with Crippen molar-refractivity contribution in [2.24, 2.45) is 5.92 Å². The minimum atomic E-state index is -3.50. The van der Waals surface area contributed by atoms with Crippen LogP contribution < -0.4 is 4.72 Å². The molecule has 1 saturated heterocycles. The molecule has 1 aliphatic rings. The van der Waals surface area contributed by atoms with Gasteiger partial charge in [-0.1, -0.05) is 32.9 Å². The Hall–Kier alpha value is -1.40. The number of sulfonamides is 1. The van der Waals surface area contributed by atoms with Gasteiger partial charge in [0, 0.05) is 25.0 Å². The number of rotatable bonds is 7. The third kappa shape index (κ3) is 5.05. The summed E-state index contributed by atoms with van der Waals surface area (Å²) in [4.78, 5) is 14.6. The van der Waals surface area contributed by atoms with Crippen LogP contribution in [0.3, 0.4) is 0 Å². The maximum absolute atomic E-state index is 12.5. The van der Waals surface area contributed by atoms with Crippen LogP contribution >= 0.6 is 0 Å². The Morgan fingerprint density at radius 1 is 1.12 bits per heavy atom. The Balaban J connectivity index is 1.93. The number of piperidine rings is 1. The topological polar surface area (TPSA) is 66.5 Å². The van der Waals surface area contributed by atoms with E-state index in [1.54, 1.807) is 12.1 Å². The highest BCUT2D eigenvalue weighted by atomic mass is 32.2. The summed E-state index contributed by atoms with van der Waals surface area (Å²) in [5.41, 5.74) is 1.12. The molecule has 0 saturated carbocycles. The molecule has 0 radical (unpaired) electrons. The minimum Gasteiger partial charge on any atom is -0.342 e. The van der Waals surface area contributed by atoms with Gasteiger partial charge < -0.3 is 4.90 Å². The quantitative estimate of drug-likeness (QED) is 0.807. The molecule has 0 atom stereocenters. The van der Waals surface area contributed by atoms with Crippen LogP contribution in [0.5, 0.6) is 0 Å². The van der Waals surface area contributed by atoms with Gasteiger partial charge in [-0.15, -0.1) is 0 Å². The molecule has 140 valence electrons. The van der Waals surface area contributed by atoms with Gasteiger partial charge in [0.1, 0.15) is 0 Å². The maximum atomic E-state index is 12.5. The van der Waals surface area contributed by atoms with E-state index < -0.39 is 10.0 Å². The van der Waals surface area contributed by atoms with Gasteiger partial charge in [0.25, 0.3) is 0 Å². The number of aryl methyl sites for hydroxylation is 1. The van der Waals surface area contributed by atoms with E-state index in [4.69, 9.17) is 0 Å². The molecule has 1 amide bonds. The van der Waals surface area contributed by atoms with Crippen LogP contribution in [0.1, 0.15) is 52.0 Å². The lowest BCUT2D eigenvalue weighted by Gasteiger charge is -2.34. The Morgan fingerprint density at radius 2 is 1.68 bits per heavy atom. The van der Waals surface area contributed by atoms with Crippen molar-refractivity contribution in [2.75, 3.05) is 13.1 Å². The molecule has 2 rings (SSSR count). The summed E-state index contributed by atoms with van der Waals surface area (Å²) in [6, 6.07) is 6.91. The van der Waals surface area contributed by atoms with Crippen LogP contribution in [0.4, 0.5) is 0 Å². The van der Waals surface area contributed by atoms with E-state index >= 15 is 0 Å². The first-order valence-electron chi connectivity index (χ1n) is 9.31. The molecule has 6 heteroatoms. The van der Waals surface area contributed by atoms with E-state index in [9.17, 15) is 13.2 Å². The summed E-state index contributed by atoms with van der Waals surface area (Å²) < 4.78 is 27.8. The summed E-state index contributed by atoms with van der Waals surface area (Å²) >= 11 is 0. The lowest BCUT2D eigenvalue weighted by Crippen LogP contribution is -2.47. The summed E-state index contributed by atoms with van der Waals surface area (Å²) in [5.74, 6) is 0.298. The van der Waals surface area contributed by atoms with Crippen molar-refractivity contribution in [3.63, 3.8) is 0 Å². The van der Waals surface area contributed by atoms with Crippen molar-refractivity contribution in [3.8, 4) is 0 Å². The van der Waals surface area contributed by atoms with Gasteiger partial charge >= 0.3 is 0 Å². The van der Waals surface area contributed by atoms with E-state index in [1.165, 1.54) is 0 Å². The molecule has 1 aliphatic heterocycles. The van der Waals surface area contributed by atoms with Crippen molar-refractivity contribution >= 4 is 15.9 Å². The molecule has 1 fully saturated rings. The molecule has 5 nitrogen and oxygen atoms in total. The lowest BCUT2D eigenvalue weighted by atomic mass is 9.99. The average molecular weight is 367 g/mol. The third-order valence-electron chi connectivity index (χ3n) is 5.11. The summed E-state index contributed by atoms with van der Waals surface area (Å²) in [6.07, 6.45) is 3.93. The first-order valence-corrected chi connectivity index (χ1v) is 10.8. The molecular formula is C19H30N2O3S. The van der Waals surface area contributed by atoms with Gasteiger partial charge in [-0.2, -0.15) is 0 Å². The number of benzene rings is 1. The van der Waals surface area contributed by atoms with Crippen LogP contribution in [0.2, 0.25) is 0 Å². The van der Waals surface area contributed by atoms with Crippen LogP contribution in [0.25, 0.3) is 0 Å². The number of nitrogens with one attached hydrogen (secondary N) is 1. The number of hydrogen-bond donors (Lipinski definition) is 1. The van der Waals surface area contributed by atoms with Gasteiger partial charge in [-0.25, -0.2) is 13.1 Å². The van der Waals surface area contributed by atoms with E-state index in [2.05, 4.69) is 4.72 Å². The molecule has 1 aromatic rings. The van der Waals surface area contributed by atoms with E-state index in [-0.39, 0.29) is 17.9 Å². The second-order valence-corrected chi connectivity index (χ2v) is 8.45. The van der Waals surface area contributed by atoms with Gasteiger partial charge in [0.15, 0.2) is 0 Å². The monoisotopic (exact) mass is 366 g/mol. The molecule has 1 N–H and O–H groups in total. The average Bonchev–Trinajstić information content (AvgIpc) is 2.63. The number of amides is 1. The summed E-state index contributed by atoms with van der Waals surface area (Å²) in [6.45, 7) is 7.36. The highest BCUT2D eigenvalue weighted by Gasteiger charge is 2.28. The fraction of sp³-hybridized carbons (Fsp3) is 0.632. The van der Waals surface area contributed by atoms with Gasteiger partial charge in [-0.05, 0) is 49.8 Å². The third-order valence-corrected chi connectivity index (χ3v) is 6.64. The van der Waals surface area contributed by atoms with E-state index in [0.29, 0.717) is 30.8 Å². The molecule has 1 aromatic carbocycles. The summed E-state index contributed by atoms with van der Waals surface area (Å²) in [7, 11) is -3.50. The van der Waals surface area contributed by atoms with Crippen molar-refractivity contribution in [2.45, 2.75) is 63.8 Å². The SMILES string of the molecule is CCc1ccc(S(=O)(=O)NC2CCN(C(=O)C(CC)CC)CC2)cc1. The van der Waals surface area contributed by atoms with Crippen molar-refractivity contribution < 1.29 is 13.2 Å². The number of carbonyl (C=O) groups is 1. The van der Waals surface area contributed by atoms with Crippen LogP contribution in [-0.4, -0.2) is 38.4 Å². The molecule has 1 heterocycles. The first-order chi connectivity index (χ1) is 11.9. The van der Waals surface area contributed by atoms with Crippen molar-refractivity contribution in [1.82, 2.24) is 9.62 Å². The number of likely N-dealkylation sites (tertiary alicyclic amines) is 1. The lowest BCUT2D eigenvalue weighted by molar-refractivity contribution is -0.136. The first kappa shape index (κ1) is 19.9. The fourth-order valence-electron chi connectivity index (χ4n) is 3.31. The molecule has 0 aromatic heterocycles.